The predicted octanol–water partition coefficient (Wildman–Crippen LogP) is 6.19. The van der Waals surface area contributed by atoms with E-state index in [0.29, 0.717) is 17.8 Å². The molecule has 4 rings (SSSR count). The zero-order valence-corrected chi connectivity index (χ0v) is 21.6. The number of halogens is 1. The number of Topliss-reactive ketones (excluding diaryl/α,β-unsaturated/α-hetero) is 1. The molecule has 0 bridgehead atoms. The SMILES string of the molecule is CCSc1sc(CC)cc1C1C(C(=O)Nc2ccc(Br)cn2)=C(C)NC2=C1C(=O)CCC2. The lowest BCUT2D eigenvalue weighted by Gasteiger charge is -2.34. The molecule has 2 N–H and O–H groups in total. The summed E-state index contributed by atoms with van der Waals surface area (Å²) in [7, 11) is 0. The molecule has 5 nitrogen and oxygen atoms in total. The number of pyridine rings is 1. The molecule has 1 aliphatic carbocycles. The zero-order valence-electron chi connectivity index (χ0n) is 18.4. The smallest absolute Gasteiger partial charge is 0.255 e. The van der Waals surface area contributed by atoms with Crippen LogP contribution in [0.3, 0.4) is 0 Å². The van der Waals surface area contributed by atoms with Crippen LogP contribution in [0.25, 0.3) is 0 Å². The van der Waals surface area contributed by atoms with Crippen molar-refractivity contribution < 1.29 is 9.59 Å². The number of hydrogen-bond donors (Lipinski definition) is 2. The van der Waals surface area contributed by atoms with E-state index in [9.17, 15) is 9.59 Å². The summed E-state index contributed by atoms with van der Waals surface area (Å²) in [4.78, 5) is 32.3. The van der Waals surface area contributed by atoms with E-state index in [1.54, 1.807) is 35.4 Å². The molecule has 1 amide bonds. The van der Waals surface area contributed by atoms with Crippen LogP contribution in [0.2, 0.25) is 0 Å². The topological polar surface area (TPSA) is 71.1 Å². The van der Waals surface area contributed by atoms with E-state index < -0.39 is 0 Å². The average molecular weight is 533 g/mol. The Morgan fingerprint density at radius 1 is 1.34 bits per heavy atom. The Morgan fingerprint density at radius 3 is 2.84 bits per heavy atom. The first-order valence-electron chi connectivity index (χ1n) is 10.8. The van der Waals surface area contributed by atoms with E-state index >= 15 is 0 Å². The molecule has 0 spiro atoms. The van der Waals surface area contributed by atoms with E-state index in [2.05, 4.69) is 51.5 Å². The van der Waals surface area contributed by atoms with Crippen molar-refractivity contribution in [1.82, 2.24) is 10.3 Å². The number of rotatable bonds is 6. The number of thioether (sulfide) groups is 1. The van der Waals surface area contributed by atoms with Crippen LogP contribution < -0.4 is 10.6 Å². The molecular formula is C24H26BrN3O2S2. The van der Waals surface area contributed by atoms with E-state index in [-0.39, 0.29) is 17.6 Å². The summed E-state index contributed by atoms with van der Waals surface area (Å²) in [5.41, 5.74) is 4.21. The minimum absolute atomic E-state index is 0.139. The minimum Gasteiger partial charge on any atom is -0.362 e. The van der Waals surface area contributed by atoms with Crippen molar-refractivity contribution in [3.05, 3.63) is 61.8 Å². The molecule has 32 heavy (non-hydrogen) atoms. The number of ketones is 1. The van der Waals surface area contributed by atoms with Crippen molar-refractivity contribution in [1.29, 1.82) is 0 Å². The van der Waals surface area contributed by atoms with Crippen LogP contribution in [0, 0.1) is 0 Å². The van der Waals surface area contributed by atoms with Crippen LogP contribution in [0.1, 0.15) is 56.4 Å². The molecule has 1 atom stereocenters. The fourth-order valence-corrected chi connectivity index (χ4v) is 6.90. The fourth-order valence-electron chi connectivity index (χ4n) is 4.29. The van der Waals surface area contributed by atoms with Gasteiger partial charge in [0.1, 0.15) is 5.82 Å². The molecule has 0 aromatic carbocycles. The van der Waals surface area contributed by atoms with Crippen molar-refractivity contribution in [2.24, 2.45) is 0 Å². The Balaban J connectivity index is 1.82. The fraction of sp³-hybridized carbons (Fsp3) is 0.375. The molecule has 1 unspecified atom stereocenters. The predicted molar refractivity (Wildman–Crippen MR) is 135 cm³/mol. The summed E-state index contributed by atoms with van der Waals surface area (Å²) in [6.45, 7) is 6.20. The summed E-state index contributed by atoms with van der Waals surface area (Å²) in [5, 5.41) is 6.34. The molecule has 0 saturated carbocycles. The Hall–Kier alpha value is -1.90. The second-order valence-corrected chi connectivity index (χ2v) is 11.4. The third-order valence-corrected chi connectivity index (χ3v) is 8.65. The van der Waals surface area contributed by atoms with Crippen molar-refractivity contribution in [3.8, 4) is 0 Å². The second kappa shape index (κ2) is 9.93. The molecule has 2 aromatic heterocycles. The quantitative estimate of drug-likeness (QED) is 0.435. The Labute approximate surface area is 205 Å². The van der Waals surface area contributed by atoms with E-state index in [0.717, 1.165) is 52.0 Å². The van der Waals surface area contributed by atoms with Gasteiger partial charge in [-0.3, -0.25) is 9.59 Å². The summed E-state index contributed by atoms with van der Waals surface area (Å²) >= 11 is 6.94. The van der Waals surface area contributed by atoms with Crippen LogP contribution in [0.15, 0.2) is 55.6 Å². The van der Waals surface area contributed by atoms with Crippen LogP contribution in [-0.2, 0) is 16.0 Å². The van der Waals surface area contributed by atoms with E-state index in [1.807, 2.05) is 13.0 Å². The number of anilines is 1. The van der Waals surface area contributed by atoms with Gasteiger partial charge in [0.15, 0.2) is 5.78 Å². The number of carbonyl (C=O) groups excluding carboxylic acids is 2. The van der Waals surface area contributed by atoms with Crippen LogP contribution >= 0.6 is 39.0 Å². The third kappa shape index (κ3) is 4.58. The van der Waals surface area contributed by atoms with Gasteiger partial charge in [0.05, 0.1) is 4.21 Å². The average Bonchev–Trinajstić information content (AvgIpc) is 3.17. The van der Waals surface area contributed by atoms with Crippen LogP contribution in [0.4, 0.5) is 5.82 Å². The van der Waals surface area contributed by atoms with Crippen LogP contribution in [-0.4, -0.2) is 22.4 Å². The highest BCUT2D eigenvalue weighted by Gasteiger charge is 2.40. The Bertz CT molecular complexity index is 1120. The molecular weight excluding hydrogens is 506 g/mol. The lowest BCUT2D eigenvalue weighted by Crippen LogP contribution is -2.35. The number of amides is 1. The molecule has 8 heteroatoms. The van der Waals surface area contributed by atoms with Gasteiger partial charge in [-0.25, -0.2) is 4.98 Å². The Morgan fingerprint density at radius 2 is 2.16 bits per heavy atom. The monoisotopic (exact) mass is 531 g/mol. The number of aromatic nitrogens is 1. The Kier molecular flexibility index (Phi) is 7.22. The minimum atomic E-state index is -0.361. The highest BCUT2D eigenvalue weighted by molar-refractivity contribution is 9.10. The summed E-state index contributed by atoms with van der Waals surface area (Å²) in [6, 6.07) is 5.80. The maximum Gasteiger partial charge on any atom is 0.255 e. The summed E-state index contributed by atoms with van der Waals surface area (Å²) in [6.07, 6.45) is 4.79. The van der Waals surface area contributed by atoms with Crippen LogP contribution in [0.5, 0.6) is 0 Å². The van der Waals surface area contributed by atoms with Gasteiger partial charge in [-0.15, -0.1) is 23.1 Å². The molecule has 3 heterocycles. The summed E-state index contributed by atoms with van der Waals surface area (Å²) < 4.78 is 2.04. The molecule has 0 saturated heterocycles. The number of aryl methyl sites for hydroxylation is 1. The summed E-state index contributed by atoms with van der Waals surface area (Å²) in [5.74, 6) is 0.973. The van der Waals surface area contributed by atoms with Gasteiger partial charge in [0.2, 0.25) is 0 Å². The molecule has 1 aliphatic heterocycles. The molecule has 2 aliphatic rings. The van der Waals surface area contributed by atoms with E-state index in [4.69, 9.17) is 0 Å². The molecule has 0 fully saturated rings. The van der Waals surface area contributed by atoms with Gasteiger partial charge in [-0.1, -0.05) is 13.8 Å². The maximum atomic E-state index is 13.6. The van der Waals surface area contributed by atoms with Crippen molar-refractivity contribution in [2.45, 2.75) is 56.6 Å². The molecule has 2 aromatic rings. The van der Waals surface area contributed by atoms with Crippen molar-refractivity contribution >= 4 is 56.5 Å². The largest absolute Gasteiger partial charge is 0.362 e. The number of nitrogens with one attached hydrogen (secondary N) is 2. The van der Waals surface area contributed by atoms with Gasteiger partial charge < -0.3 is 10.6 Å². The van der Waals surface area contributed by atoms with Gasteiger partial charge in [0, 0.05) is 50.4 Å². The van der Waals surface area contributed by atoms with Crippen molar-refractivity contribution in [3.63, 3.8) is 0 Å². The maximum absolute atomic E-state index is 13.6. The van der Waals surface area contributed by atoms with Gasteiger partial charge in [0.25, 0.3) is 5.91 Å². The van der Waals surface area contributed by atoms with Gasteiger partial charge in [-0.05, 0) is 71.6 Å². The van der Waals surface area contributed by atoms with Gasteiger partial charge in [-0.2, -0.15) is 0 Å². The lowest BCUT2D eigenvalue weighted by molar-refractivity contribution is -0.116. The third-order valence-electron chi connectivity index (χ3n) is 5.70. The van der Waals surface area contributed by atoms with Gasteiger partial charge >= 0.3 is 0 Å². The standard InChI is InChI=1S/C24H26BrN3O2S2/c1-4-15-11-16(24(32-15)31-5-2)21-20(23(30)28-19-10-9-14(25)12-26-19)13(3)27-17-7-6-8-18(29)22(17)21/h9-12,21,27H,4-8H2,1-3H3,(H,26,28,30). The molecule has 0 radical (unpaired) electrons. The van der Waals surface area contributed by atoms with Crippen molar-refractivity contribution in [2.75, 3.05) is 11.1 Å². The molecule has 168 valence electrons. The zero-order chi connectivity index (χ0) is 22.8. The second-order valence-electron chi connectivity index (χ2n) is 7.82. The number of thiophene rings is 1. The number of dihydropyridines is 1. The number of hydrogen-bond acceptors (Lipinski definition) is 6. The highest BCUT2D eigenvalue weighted by atomic mass is 79.9. The number of carbonyl (C=O) groups is 2. The first-order valence-corrected chi connectivity index (χ1v) is 13.4. The first-order chi connectivity index (χ1) is 15.4. The normalized spacial score (nSPS) is 18.5. The number of allylic oxidation sites excluding steroid dienone is 3. The highest BCUT2D eigenvalue weighted by Crippen LogP contribution is 2.47. The lowest BCUT2D eigenvalue weighted by atomic mass is 9.75. The number of nitrogens with zero attached hydrogens (tertiary/aromatic N) is 1. The first kappa shape index (κ1) is 23.3. The van der Waals surface area contributed by atoms with E-state index in [1.165, 1.54) is 9.09 Å².